The van der Waals surface area contributed by atoms with E-state index in [4.69, 9.17) is 6.42 Å². The van der Waals surface area contributed by atoms with Gasteiger partial charge in [0.15, 0.2) is 0 Å². The van der Waals surface area contributed by atoms with E-state index in [1.54, 1.807) is 6.20 Å². The second-order valence-electron chi connectivity index (χ2n) is 7.51. The smallest absolute Gasteiger partial charge is 0.239 e. The van der Waals surface area contributed by atoms with Gasteiger partial charge in [-0.05, 0) is 36.8 Å². The fourth-order valence-electron chi connectivity index (χ4n) is 4.53. The van der Waals surface area contributed by atoms with Crippen LogP contribution in [0.3, 0.4) is 0 Å². The highest BCUT2D eigenvalue weighted by Gasteiger charge is 2.29. The molecule has 5 heteroatoms. The molecule has 0 bridgehead atoms. The molecule has 1 unspecified atom stereocenters. The summed E-state index contributed by atoms with van der Waals surface area (Å²) in [5.74, 6) is 3.48. The van der Waals surface area contributed by atoms with Gasteiger partial charge in [0.2, 0.25) is 5.91 Å². The third-order valence-electron chi connectivity index (χ3n) is 5.79. The molecule has 4 rings (SSSR count). The molecule has 1 N–H and O–H groups in total. The summed E-state index contributed by atoms with van der Waals surface area (Å²) in [5.41, 5.74) is 2.67. The summed E-state index contributed by atoms with van der Waals surface area (Å²) in [6.07, 6.45) is 14.1. The number of carbonyl (C=O) groups is 1. The van der Waals surface area contributed by atoms with Crippen molar-refractivity contribution in [3.8, 4) is 12.3 Å². The normalized spacial score (nSPS) is 19.2. The summed E-state index contributed by atoms with van der Waals surface area (Å²) in [4.78, 5) is 14.9. The molecule has 5 nitrogen and oxygen atoms in total. The van der Waals surface area contributed by atoms with Crippen LogP contribution in [0.25, 0.3) is 0 Å². The Bertz CT molecular complexity index is 844. The SMILES string of the molecule is C#CCN(CC(=O)Nc1ccnn1C1CCCC1)C1CCc2ccccc21. The fourth-order valence-corrected chi connectivity index (χ4v) is 4.53. The van der Waals surface area contributed by atoms with E-state index in [0.717, 1.165) is 31.5 Å². The fraction of sp³-hybridized carbons (Fsp3) is 0.455. The molecule has 0 saturated heterocycles. The van der Waals surface area contributed by atoms with E-state index >= 15 is 0 Å². The molecule has 1 fully saturated rings. The number of aromatic nitrogens is 2. The van der Waals surface area contributed by atoms with Crippen molar-refractivity contribution in [2.24, 2.45) is 0 Å². The molecule has 2 aliphatic carbocycles. The van der Waals surface area contributed by atoms with Crippen molar-refractivity contribution >= 4 is 11.7 Å². The van der Waals surface area contributed by atoms with Gasteiger partial charge in [0.25, 0.3) is 0 Å². The van der Waals surface area contributed by atoms with Gasteiger partial charge in [-0.15, -0.1) is 6.42 Å². The van der Waals surface area contributed by atoms with E-state index in [0.29, 0.717) is 19.1 Å². The topological polar surface area (TPSA) is 50.2 Å². The standard InChI is InChI=1S/C22H26N4O/c1-2-15-25(20-12-11-17-7-3-6-10-19(17)20)16-22(27)24-21-13-14-23-26(21)18-8-4-5-9-18/h1,3,6-7,10,13-14,18,20H,4-5,8-9,11-12,15-16H2,(H,24,27). The molecule has 2 aromatic rings. The molecule has 1 amide bonds. The van der Waals surface area contributed by atoms with Gasteiger partial charge in [-0.3, -0.25) is 9.69 Å². The van der Waals surface area contributed by atoms with Crippen LogP contribution in [0.4, 0.5) is 5.82 Å². The maximum atomic E-state index is 12.8. The van der Waals surface area contributed by atoms with Crippen molar-refractivity contribution in [2.45, 2.75) is 50.6 Å². The minimum atomic E-state index is -0.0330. The van der Waals surface area contributed by atoms with Crippen LogP contribution in [0.5, 0.6) is 0 Å². The lowest BCUT2D eigenvalue weighted by atomic mass is 10.1. The predicted molar refractivity (Wildman–Crippen MR) is 106 cm³/mol. The lowest BCUT2D eigenvalue weighted by Gasteiger charge is -2.27. The highest BCUT2D eigenvalue weighted by Crippen LogP contribution is 2.35. The van der Waals surface area contributed by atoms with Crippen molar-refractivity contribution in [3.63, 3.8) is 0 Å². The first-order chi connectivity index (χ1) is 13.3. The zero-order valence-electron chi connectivity index (χ0n) is 15.6. The Balaban J connectivity index is 1.45. The summed E-state index contributed by atoms with van der Waals surface area (Å²) < 4.78 is 1.97. The Labute approximate surface area is 160 Å². The molecule has 1 aromatic carbocycles. The van der Waals surface area contributed by atoms with Crippen molar-refractivity contribution < 1.29 is 4.79 Å². The number of fused-ring (bicyclic) bond motifs is 1. The maximum Gasteiger partial charge on any atom is 0.239 e. The van der Waals surface area contributed by atoms with E-state index in [1.165, 1.54) is 24.0 Å². The summed E-state index contributed by atoms with van der Waals surface area (Å²) in [6.45, 7) is 0.757. The van der Waals surface area contributed by atoms with Crippen LogP contribution in [0.1, 0.15) is 55.3 Å². The number of nitrogens with zero attached hydrogens (tertiary/aromatic N) is 3. The molecule has 0 aliphatic heterocycles. The van der Waals surface area contributed by atoms with Crippen molar-refractivity contribution in [2.75, 3.05) is 18.4 Å². The van der Waals surface area contributed by atoms with Gasteiger partial charge in [0, 0.05) is 12.1 Å². The van der Waals surface area contributed by atoms with Gasteiger partial charge >= 0.3 is 0 Å². The quantitative estimate of drug-likeness (QED) is 0.800. The number of aryl methyl sites for hydroxylation is 1. The van der Waals surface area contributed by atoms with Crippen LogP contribution in [0.15, 0.2) is 36.5 Å². The Hall–Kier alpha value is -2.58. The Morgan fingerprint density at radius 1 is 1.26 bits per heavy atom. The second-order valence-corrected chi connectivity index (χ2v) is 7.51. The molecule has 140 valence electrons. The van der Waals surface area contributed by atoms with Crippen LogP contribution in [-0.4, -0.2) is 33.7 Å². The third kappa shape index (κ3) is 3.77. The van der Waals surface area contributed by atoms with Crippen LogP contribution in [-0.2, 0) is 11.2 Å². The van der Waals surface area contributed by atoms with Crippen molar-refractivity contribution in [1.82, 2.24) is 14.7 Å². The molecule has 0 spiro atoms. The van der Waals surface area contributed by atoms with E-state index < -0.39 is 0 Å². The zero-order chi connectivity index (χ0) is 18.6. The number of benzene rings is 1. The van der Waals surface area contributed by atoms with E-state index in [9.17, 15) is 4.79 Å². The highest BCUT2D eigenvalue weighted by atomic mass is 16.2. The van der Waals surface area contributed by atoms with Crippen LogP contribution in [0, 0.1) is 12.3 Å². The van der Waals surface area contributed by atoms with E-state index in [2.05, 4.69) is 45.5 Å². The number of hydrogen-bond donors (Lipinski definition) is 1. The number of anilines is 1. The van der Waals surface area contributed by atoms with Gasteiger partial charge in [-0.2, -0.15) is 5.10 Å². The molecule has 2 aliphatic rings. The molecule has 1 aromatic heterocycles. The van der Waals surface area contributed by atoms with Gasteiger partial charge in [-0.1, -0.05) is 43.0 Å². The molecule has 27 heavy (non-hydrogen) atoms. The highest BCUT2D eigenvalue weighted by molar-refractivity contribution is 5.91. The van der Waals surface area contributed by atoms with Crippen molar-refractivity contribution in [1.29, 1.82) is 0 Å². The zero-order valence-corrected chi connectivity index (χ0v) is 15.6. The monoisotopic (exact) mass is 362 g/mol. The minimum absolute atomic E-state index is 0.0330. The number of carbonyl (C=O) groups excluding carboxylic acids is 1. The van der Waals surface area contributed by atoms with Crippen LogP contribution < -0.4 is 5.32 Å². The first kappa shape index (κ1) is 17.8. The lowest BCUT2D eigenvalue weighted by Crippen LogP contribution is -2.36. The van der Waals surface area contributed by atoms with Gasteiger partial charge in [0.05, 0.1) is 25.3 Å². The Morgan fingerprint density at radius 2 is 2.07 bits per heavy atom. The first-order valence-corrected chi connectivity index (χ1v) is 9.85. The average molecular weight is 362 g/mol. The molecule has 1 heterocycles. The number of nitrogens with one attached hydrogen (secondary N) is 1. The number of hydrogen-bond acceptors (Lipinski definition) is 3. The van der Waals surface area contributed by atoms with E-state index in [1.807, 2.05) is 10.7 Å². The number of amides is 1. The van der Waals surface area contributed by atoms with Gasteiger partial charge in [0.1, 0.15) is 5.82 Å². The lowest BCUT2D eigenvalue weighted by molar-refractivity contribution is -0.117. The van der Waals surface area contributed by atoms with Gasteiger partial charge in [-0.25, -0.2) is 4.68 Å². The largest absolute Gasteiger partial charge is 0.310 e. The molecule has 1 saturated carbocycles. The third-order valence-corrected chi connectivity index (χ3v) is 5.79. The summed E-state index contributed by atoms with van der Waals surface area (Å²) in [5, 5.41) is 7.48. The summed E-state index contributed by atoms with van der Waals surface area (Å²) in [6, 6.07) is 11.0. The molecule has 0 radical (unpaired) electrons. The van der Waals surface area contributed by atoms with E-state index in [-0.39, 0.29) is 11.9 Å². The Kier molecular flexibility index (Phi) is 5.26. The van der Waals surface area contributed by atoms with Crippen LogP contribution >= 0.6 is 0 Å². The number of rotatable bonds is 6. The second kappa shape index (κ2) is 7.98. The van der Waals surface area contributed by atoms with Gasteiger partial charge < -0.3 is 5.32 Å². The number of terminal acetylenes is 1. The molecule has 1 atom stereocenters. The predicted octanol–water partition coefficient (Wildman–Crippen LogP) is 3.56. The minimum Gasteiger partial charge on any atom is -0.310 e. The summed E-state index contributed by atoms with van der Waals surface area (Å²) in [7, 11) is 0. The van der Waals surface area contributed by atoms with Crippen molar-refractivity contribution in [3.05, 3.63) is 47.7 Å². The maximum absolute atomic E-state index is 12.8. The first-order valence-electron chi connectivity index (χ1n) is 9.85. The Morgan fingerprint density at radius 3 is 2.89 bits per heavy atom. The molecular formula is C22H26N4O. The van der Waals surface area contributed by atoms with Crippen LogP contribution in [0.2, 0.25) is 0 Å². The summed E-state index contributed by atoms with van der Waals surface area (Å²) >= 11 is 0. The molecular weight excluding hydrogens is 336 g/mol. The average Bonchev–Trinajstić information content (AvgIpc) is 3.41.